The van der Waals surface area contributed by atoms with Crippen LogP contribution in [0.15, 0.2) is 18.2 Å². The van der Waals surface area contributed by atoms with Crippen molar-refractivity contribution in [3.63, 3.8) is 0 Å². The van der Waals surface area contributed by atoms with E-state index in [2.05, 4.69) is 6.92 Å². The number of carbonyl (C=O) groups excluding carboxylic acids is 1. The highest BCUT2D eigenvalue weighted by molar-refractivity contribution is 5.86. The summed E-state index contributed by atoms with van der Waals surface area (Å²) >= 11 is 0. The van der Waals surface area contributed by atoms with Crippen molar-refractivity contribution in [2.75, 3.05) is 26.9 Å². The molecule has 1 aliphatic rings. The van der Waals surface area contributed by atoms with Crippen molar-refractivity contribution < 1.29 is 19.0 Å². The van der Waals surface area contributed by atoms with Gasteiger partial charge in [-0.25, -0.2) is 0 Å². The topological polar surface area (TPSA) is 44.8 Å². The summed E-state index contributed by atoms with van der Waals surface area (Å²) in [7, 11) is 1.65. The van der Waals surface area contributed by atoms with Crippen LogP contribution < -0.4 is 4.74 Å². The molecule has 0 radical (unpaired) electrons. The molecule has 0 unspecified atom stereocenters. The minimum absolute atomic E-state index is 0.141. The third kappa shape index (κ3) is 3.80. The van der Waals surface area contributed by atoms with E-state index in [1.807, 2.05) is 25.1 Å². The Kier molecular flexibility index (Phi) is 5.83. The molecule has 1 aliphatic carbocycles. The van der Waals surface area contributed by atoms with E-state index in [4.69, 9.17) is 14.2 Å². The zero-order valence-corrected chi connectivity index (χ0v) is 13.8. The van der Waals surface area contributed by atoms with Crippen molar-refractivity contribution in [1.29, 1.82) is 0 Å². The Bertz CT molecular complexity index is 506. The average molecular weight is 306 g/mol. The van der Waals surface area contributed by atoms with Crippen LogP contribution in [0, 0.1) is 6.92 Å². The van der Waals surface area contributed by atoms with Crippen LogP contribution in [-0.4, -0.2) is 32.9 Å². The van der Waals surface area contributed by atoms with Crippen LogP contribution in [0.25, 0.3) is 0 Å². The van der Waals surface area contributed by atoms with Gasteiger partial charge in [-0.1, -0.05) is 25.5 Å². The fraction of sp³-hybridized carbons (Fsp3) is 0.611. The second-order valence-corrected chi connectivity index (χ2v) is 5.87. The molecule has 4 heteroatoms. The number of unbranched alkanes of at least 4 members (excludes halogenated alkanes) is 1. The summed E-state index contributed by atoms with van der Waals surface area (Å²) in [5.41, 5.74) is 1.59. The fourth-order valence-electron chi connectivity index (χ4n) is 2.53. The summed E-state index contributed by atoms with van der Waals surface area (Å²) in [6, 6.07) is 5.96. The molecule has 1 aromatic rings. The number of hydrogen-bond acceptors (Lipinski definition) is 4. The van der Waals surface area contributed by atoms with Crippen LogP contribution in [0.1, 0.15) is 43.7 Å². The standard InChI is InChI=1S/C18H26O4/c1-4-5-10-21-11-12-22-17(19)18(8-9-18)15-7-6-14(2)16(13-15)20-3/h6-7,13H,4-5,8-12H2,1-3H3. The smallest absolute Gasteiger partial charge is 0.316 e. The average Bonchev–Trinajstić information content (AvgIpc) is 3.33. The Labute approximate surface area is 132 Å². The monoisotopic (exact) mass is 306 g/mol. The molecule has 0 amide bonds. The third-order valence-corrected chi connectivity index (χ3v) is 4.20. The van der Waals surface area contributed by atoms with Crippen molar-refractivity contribution in [2.45, 2.75) is 44.9 Å². The molecule has 1 fully saturated rings. The molecular weight excluding hydrogens is 280 g/mol. The summed E-state index contributed by atoms with van der Waals surface area (Å²) in [4.78, 5) is 12.4. The summed E-state index contributed by atoms with van der Waals surface area (Å²) in [5.74, 6) is 0.678. The van der Waals surface area contributed by atoms with Gasteiger partial charge in [-0.05, 0) is 43.4 Å². The minimum atomic E-state index is -0.468. The molecule has 0 aromatic heterocycles. The van der Waals surface area contributed by atoms with E-state index >= 15 is 0 Å². The highest BCUT2D eigenvalue weighted by Crippen LogP contribution is 2.50. The zero-order chi connectivity index (χ0) is 16.0. The van der Waals surface area contributed by atoms with E-state index in [0.717, 1.165) is 49.2 Å². The Morgan fingerprint density at radius 3 is 2.64 bits per heavy atom. The second kappa shape index (κ2) is 7.63. The summed E-state index contributed by atoms with van der Waals surface area (Å²) < 4.78 is 16.2. The molecule has 0 N–H and O–H groups in total. The van der Waals surface area contributed by atoms with Crippen LogP contribution in [0.2, 0.25) is 0 Å². The van der Waals surface area contributed by atoms with Gasteiger partial charge in [-0.3, -0.25) is 4.79 Å². The minimum Gasteiger partial charge on any atom is -0.496 e. The molecule has 0 bridgehead atoms. The number of carbonyl (C=O) groups is 1. The number of hydrogen-bond donors (Lipinski definition) is 0. The molecule has 0 heterocycles. The van der Waals surface area contributed by atoms with Gasteiger partial charge < -0.3 is 14.2 Å². The number of methoxy groups -OCH3 is 1. The molecule has 4 nitrogen and oxygen atoms in total. The molecule has 0 spiro atoms. The van der Waals surface area contributed by atoms with Crippen LogP contribution in [-0.2, 0) is 19.7 Å². The van der Waals surface area contributed by atoms with Gasteiger partial charge in [0, 0.05) is 6.61 Å². The summed E-state index contributed by atoms with van der Waals surface area (Å²) in [5, 5.41) is 0. The molecule has 1 saturated carbocycles. The first kappa shape index (κ1) is 16.8. The highest BCUT2D eigenvalue weighted by atomic mass is 16.6. The Balaban J connectivity index is 1.89. The zero-order valence-electron chi connectivity index (χ0n) is 13.8. The lowest BCUT2D eigenvalue weighted by Crippen LogP contribution is -2.25. The van der Waals surface area contributed by atoms with Gasteiger partial charge in [-0.2, -0.15) is 0 Å². The maximum absolute atomic E-state index is 12.4. The van der Waals surface area contributed by atoms with E-state index < -0.39 is 5.41 Å². The first-order chi connectivity index (χ1) is 10.6. The first-order valence-electron chi connectivity index (χ1n) is 8.04. The van der Waals surface area contributed by atoms with E-state index in [9.17, 15) is 4.79 Å². The van der Waals surface area contributed by atoms with Crippen molar-refractivity contribution in [3.05, 3.63) is 29.3 Å². The predicted molar refractivity (Wildman–Crippen MR) is 85.3 cm³/mol. The van der Waals surface area contributed by atoms with E-state index in [-0.39, 0.29) is 5.97 Å². The second-order valence-electron chi connectivity index (χ2n) is 5.87. The largest absolute Gasteiger partial charge is 0.496 e. The Morgan fingerprint density at radius 2 is 2.00 bits per heavy atom. The number of rotatable bonds is 9. The number of esters is 1. The first-order valence-corrected chi connectivity index (χ1v) is 8.04. The normalized spacial score (nSPS) is 15.4. The molecule has 2 rings (SSSR count). The quantitative estimate of drug-likeness (QED) is 0.518. The molecule has 1 aromatic carbocycles. The molecule has 22 heavy (non-hydrogen) atoms. The van der Waals surface area contributed by atoms with E-state index in [1.54, 1.807) is 7.11 Å². The van der Waals surface area contributed by atoms with E-state index in [1.165, 1.54) is 0 Å². The van der Waals surface area contributed by atoms with Gasteiger partial charge in [0.05, 0.1) is 19.1 Å². The van der Waals surface area contributed by atoms with Crippen LogP contribution in [0.5, 0.6) is 5.75 Å². The molecular formula is C18H26O4. The lowest BCUT2D eigenvalue weighted by Gasteiger charge is -2.16. The van der Waals surface area contributed by atoms with Gasteiger partial charge >= 0.3 is 5.97 Å². The SMILES string of the molecule is CCCCOCCOC(=O)C1(c2ccc(C)c(OC)c2)CC1. The summed E-state index contributed by atoms with van der Waals surface area (Å²) in [6.07, 6.45) is 3.84. The number of benzene rings is 1. The van der Waals surface area contributed by atoms with Crippen LogP contribution >= 0.6 is 0 Å². The van der Waals surface area contributed by atoms with E-state index in [0.29, 0.717) is 13.2 Å². The Hall–Kier alpha value is -1.55. The Morgan fingerprint density at radius 1 is 1.23 bits per heavy atom. The molecule has 0 atom stereocenters. The van der Waals surface area contributed by atoms with Gasteiger partial charge in [-0.15, -0.1) is 0 Å². The maximum Gasteiger partial charge on any atom is 0.316 e. The van der Waals surface area contributed by atoms with Crippen molar-refractivity contribution in [1.82, 2.24) is 0 Å². The maximum atomic E-state index is 12.4. The summed E-state index contributed by atoms with van der Waals surface area (Å²) in [6.45, 7) is 5.64. The van der Waals surface area contributed by atoms with Gasteiger partial charge in [0.2, 0.25) is 0 Å². The lowest BCUT2D eigenvalue weighted by molar-refractivity contribution is -0.148. The van der Waals surface area contributed by atoms with Crippen LogP contribution in [0.3, 0.4) is 0 Å². The molecule has 0 saturated heterocycles. The molecule has 122 valence electrons. The third-order valence-electron chi connectivity index (χ3n) is 4.20. The number of ether oxygens (including phenoxy) is 3. The van der Waals surface area contributed by atoms with Crippen molar-refractivity contribution in [3.8, 4) is 5.75 Å². The van der Waals surface area contributed by atoms with Crippen molar-refractivity contribution in [2.24, 2.45) is 0 Å². The predicted octanol–water partition coefficient (Wildman–Crippen LogP) is 3.40. The van der Waals surface area contributed by atoms with Gasteiger partial charge in [0.15, 0.2) is 0 Å². The lowest BCUT2D eigenvalue weighted by atomic mass is 9.95. The van der Waals surface area contributed by atoms with Crippen LogP contribution in [0.4, 0.5) is 0 Å². The van der Waals surface area contributed by atoms with Gasteiger partial charge in [0.1, 0.15) is 12.4 Å². The molecule has 0 aliphatic heterocycles. The van der Waals surface area contributed by atoms with Gasteiger partial charge in [0.25, 0.3) is 0 Å². The van der Waals surface area contributed by atoms with Crippen molar-refractivity contribution >= 4 is 5.97 Å². The highest BCUT2D eigenvalue weighted by Gasteiger charge is 2.53. The fourth-order valence-corrected chi connectivity index (χ4v) is 2.53. The number of aryl methyl sites for hydroxylation is 1.